The predicted molar refractivity (Wildman–Crippen MR) is 67.7 cm³/mol. The van der Waals surface area contributed by atoms with Crippen LogP contribution < -0.4 is 10.2 Å². The molecule has 0 unspecified atom stereocenters. The van der Waals surface area contributed by atoms with E-state index >= 15 is 0 Å². The lowest BCUT2D eigenvalue weighted by Crippen LogP contribution is -2.37. The smallest absolute Gasteiger partial charge is 0.0562 e. The van der Waals surface area contributed by atoms with Gasteiger partial charge < -0.3 is 10.2 Å². The summed E-state index contributed by atoms with van der Waals surface area (Å²) in [6, 6.07) is 5.05. The molecular weight excluding hydrogens is 198 g/mol. The lowest BCUT2D eigenvalue weighted by Gasteiger charge is -2.36. The minimum Gasteiger partial charge on any atom is -0.372 e. The lowest BCUT2D eigenvalue weighted by molar-refractivity contribution is 0.401. The Labute approximate surface area is 97.9 Å². The van der Waals surface area contributed by atoms with E-state index < -0.39 is 0 Å². The number of anilines is 1. The summed E-state index contributed by atoms with van der Waals surface area (Å²) >= 11 is 0. The van der Waals surface area contributed by atoms with Gasteiger partial charge in [-0.25, -0.2) is 0 Å². The summed E-state index contributed by atoms with van der Waals surface area (Å²) in [5, 5.41) is 3.31. The molecule has 16 heavy (non-hydrogen) atoms. The van der Waals surface area contributed by atoms with E-state index in [9.17, 15) is 0 Å². The first-order valence-electron chi connectivity index (χ1n) is 6.19. The molecule has 1 aliphatic rings. The van der Waals surface area contributed by atoms with Gasteiger partial charge in [-0.05, 0) is 37.9 Å². The van der Waals surface area contributed by atoms with Crippen LogP contribution >= 0.6 is 0 Å². The van der Waals surface area contributed by atoms with Crippen LogP contribution in [0.3, 0.4) is 0 Å². The Balaban J connectivity index is 2.02. The molecule has 0 aliphatic heterocycles. The van der Waals surface area contributed by atoms with E-state index in [1.54, 1.807) is 0 Å². The van der Waals surface area contributed by atoms with Gasteiger partial charge in [-0.2, -0.15) is 0 Å². The number of pyridine rings is 1. The Hall–Kier alpha value is -1.09. The van der Waals surface area contributed by atoms with Crippen molar-refractivity contribution in [1.29, 1.82) is 0 Å². The average Bonchev–Trinajstić information content (AvgIpc) is 2.24. The fourth-order valence-electron chi connectivity index (χ4n) is 2.02. The van der Waals surface area contributed by atoms with E-state index in [0.717, 1.165) is 24.8 Å². The molecule has 0 aromatic carbocycles. The standard InChI is InChI=1S/C13H21N3/c1-3-14-10-11-9-13(7-8-15-11)16(2)12-5-4-6-12/h7-9,12,14H,3-6,10H2,1-2H3. The van der Waals surface area contributed by atoms with Gasteiger partial charge in [0.15, 0.2) is 0 Å². The maximum absolute atomic E-state index is 4.37. The first kappa shape index (κ1) is 11.4. The average molecular weight is 219 g/mol. The molecule has 1 fully saturated rings. The van der Waals surface area contributed by atoms with Crippen LogP contribution in [0.2, 0.25) is 0 Å². The van der Waals surface area contributed by atoms with Crippen LogP contribution in [0.4, 0.5) is 5.69 Å². The van der Waals surface area contributed by atoms with Crippen molar-refractivity contribution in [3.63, 3.8) is 0 Å². The van der Waals surface area contributed by atoms with Crippen molar-refractivity contribution in [3.05, 3.63) is 24.0 Å². The molecule has 1 saturated carbocycles. The molecule has 0 bridgehead atoms. The fraction of sp³-hybridized carbons (Fsp3) is 0.615. The molecule has 1 aliphatic carbocycles. The van der Waals surface area contributed by atoms with Crippen LogP contribution in [0.5, 0.6) is 0 Å². The second kappa shape index (κ2) is 5.30. The molecule has 88 valence electrons. The molecule has 1 aromatic heterocycles. The van der Waals surface area contributed by atoms with E-state index in [4.69, 9.17) is 0 Å². The van der Waals surface area contributed by atoms with Crippen molar-refractivity contribution in [2.24, 2.45) is 0 Å². The Morgan fingerprint density at radius 3 is 2.94 bits per heavy atom. The van der Waals surface area contributed by atoms with Crippen molar-refractivity contribution in [2.75, 3.05) is 18.5 Å². The Morgan fingerprint density at radius 2 is 2.31 bits per heavy atom. The zero-order valence-corrected chi connectivity index (χ0v) is 10.2. The van der Waals surface area contributed by atoms with Crippen LogP contribution in [0.1, 0.15) is 31.9 Å². The maximum atomic E-state index is 4.37. The zero-order chi connectivity index (χ0) is 11.4. The maximum Gasteiger partial charge on any atom is 0.0562 e. The minimum absolute atomic E-state index is 0.745. The third kappa shape index (κ3) is 2.53. The lowest BCUT2D eigenvalue weighted by atomic mass is 9.91. The van der Waals surface area contributed by atoms with Crippen LogP contribution in [0, 0.1) is 0 Å². The van der Waals surface area contributed by atoms with Gasteiger partial charge in [0.05, 0.1) is 5.69 Å². The Bertz CT molecular complexity index is 334. The number of nitrogens with zero attached hydrogens (tertiary/aromatic N) is 2. The van der Waals surface area contributed by atoms with Gasteiger partial charge in [0.25, 0.3) is 0 Å². The topological polar surface area (TPSA) is 28.2 Å². The molecule has 0 spiro atoms. The molecule has 3 heteroatoms. The highest BCUT2D eigenvalue weighted by molar-refractivity contribution is 5.47. The molecule has 0 saturated heterocycles. The monoisotopic (exact) mass is 219 g/mol. The van der Waals surface area contributed by atoms with Gasteiger partial charge in [-0.1, -0.05) is 6.92 Å². The molecule has 2 rings (SSSR count). The quantitative estimate of drug-likeness (QED) is 0.822. The highest BCUT2D eigenvalue weighted by Gasteiger charge is 2.22. The summed E-state index contributed by atoms with van der Waals surface area (Å²) in [5.41, 5.74) is 2.43. The largest absolute Gasteiger partial charge is 0.372 e. The molecule has 1 aromatic rings. The second-order valence-corrected chi connectivity index (χ2v) is 4.48. The summed E-state index contributed by atoms with van der Waals surface area (Å²) in [7, 11) is 2.19. The van der Waals surface area contributed by atoms with Gasteiger partial charge in [-0.15, -0.1) is 0 Å². The van der Waals surface area contributed by atoms with Crippen molar-refractivity contribution < 1.29 is 0 Å². The number of aromatic nitrogens is 1. The van der Waals surface area contributed by atoms with Crippen LogP contribution in [-0.2, 0) is 6.54 Å². The summed E-state index contributed by atoms with van der Waals surface area (Å²) in [5.74, 6) is 0. The van der Waals surface area contributed by atoms with Gasteiger partial charge in [0, 0.05) is 31.5 Å². The van der Waals surface area contributed by atoms with Crippen LogP contribution in [0.15, 0.2) is 18.3 Å². The SMILES string of the molecule is CCNCc1cc(N(C)C2CCC2)ccn1. The van der Waals surface area contributed by atoms with Crippen molar-refractivity contribution in [3.8, 4) is 0 Å². The van der Waals surface area contributed by atoms with Crippen molar-refractivity contribution in [2.45, 2.75) is 38.8 Å². The molecule has 3 nitrogen and oxygen atoms in total. The molecule has 0 amide bonds. The first-order valence-corrected chi connectivity index (χ1v) is 6.19. The number of rotatable bonds is 5. The van der Waals surface area contributed by atoms with E-state index in [1.165, 1.54) is 24.9 Å². The highest BCUT2D eigenvalue weighted by Crippen LogP contribution is 2.28. The number of hydrogen-bond acceptors (Lipinski definition) is 3. The summed E-state index contributed by atoms with van der Waals surface area (Å²) in [6.45, 7) is 3.97. The molecule has 1 heterocycles. The summed E-state index contributed by atoms with van der Waals surface area (Å²) in [6.07, 6.45) is 5.96. The zero-order valence-electron chi connectivity index (χ0n) is 10.2. The van der Waals surface area contributed by atoms with E-state index in [1.807, 2.05) is 6.20 Å². The number of hydrogen-bond donors (Lipinski definition) is 1. The van der Waals surface area contributed by atoms with E-state index in [-0.39, 0.29) is 0 Å². The normalized spacial score (nSPS) is 15.9. The van der Waals surface area contributed by atoms with Crippen molar-refractivity contribution >= 4 is 5.69 Å². The molecule has 1 N–H and O–H groups in total. The Morgan fingerprint density at radius 1 is 1.50 bits per heavy atom. The van der Waals surface area contributed by atoms with Gasteiger partial charge in [-0.3, -0.25) is 4.98 Å². The van der Waals surface area contributed by atoms with Gasteiger partial charge in [0.2, 0.25) is 0 Å². The van der Waals surface area contributed by atoms with E-state index in [2.05, 4.69) is 41.3 Å². The van der Waals surface area contributed by atoms with Crippen LogP contribution in [0.25, 0.3) is 0 Å². The minimum atomic E-state index is 0.745. The van der Waals surface area contributed by atoms with Gasteiger partial charge >= 0.3 is 0 Å². The molecular formula is C13H21N3. The number of nitrogens with one attached hydrogen (secondary N) is 1. The molecule has 0 atom stereocenters. The third-order valence-corrected chi connectivity index (χ3v) is 3.39. The van der Waals surface area contributed by atoms with Gasteiger partial charge in [0.1, 0.15) is 0 Å². The van der Waals surface area contributed by atoms with Crippen LogP contribution in [-0.4, -0.2) is 24.6 Å². The summed E-state index contributed by atoms with van der Waals surface area (Å²) < 4.78 is 0. The Kier molecular flexibility index (Phi) is 3.78. The fourth-order valence-corrected chi connectivity index (χ4v) is 2.02. The second-order valence-electron chi connectivity index (χ2n) is 4.48. The van der Waals surface area contributed by atoms with Crippen molar-refractivity contribution in [1.82, 2.24) is 10.3 Å². The predicted octanol–water partition coefficient (Wildman–Crippen LogP) is 2.18. The highest BCUT2D eigenvalue weighted by atomic mass is 15.1. The third-order valence-electron chi connectivity index (χ3n) is 3.39. The van der Waals surface area contributed by atoms with E-state index in [0.29, 0.717) is 0 Å². The summed E-state index contributed by atoms with van der Waals surface area (Å²) in [4.78, 5) is 6.76. The molecule has 0 radical (unpaired) electrons. The first-order chi connectivity index (χ1) is 7.81.